The summed E-state index contributed by atoms with van der Waals surface area (Å²) >= 11 is 12.0. The molecule has 2 aromatic rings. The van der Waals surface area contributed by atoms with Crippen molar-refractivity contribution < 1.29 is 19.7 Å². The Morgan fingerprint density at radius 2 is 1.26 bits per heavy atom. The average molecular weight is 570 g/mol. The number of benzene rings is 2. The molecule has 6 heteroatoms. The number of hydrogen-bond acceptors (Lipinski definition) is 4. The zero-order valence-corrected chi connectivity index (χ0v) is 27.1. The Morgan fingerprint density at radius 1 is 0.789 bits per heavy atom. The highest BCUT2D eigenvalue weighted by atomic mass is 35.5. The lowest BCUT2D eigenvalue weighted by Gasteiger charge is -2.43. The lowest BCUT2D eigenvalue weighted by Crippen LogP contribution is -2.34. The molecule has 3 rings (SSSR count). The second-order valence-electron chi connectivity index (χ2n) is 12.8. The monoisotopic (exact) mass is 568 g/mol. The first-order valence-corrected chi connectivity index (χ1v) is 14.0. The third kappa shape index (κ3) is 9.75. The SMILES string of the molecule is CC(C)(Cl)CCC(C)(C)Cl.COc1cc2c(c(C)c1O)C(C)(C)CCC2(C)C.COc1cccc(C)c1O. The predicted octanol–water partition coefficient (Wildman–Crippen LogP) is 9.57. The van der Waals surface area contributed by atoms with Gasteiger partial charge in [-0.15, -0.1) is 23.2 Å². The third-order valence-corrected chi connectivity index (χ3v) is 7.62. The van der Waals surface area contributed by atoms with E-state index in [1.807, 2.05) is 59.7 Å². The van der Waals surface area contributed by atoms with Gasteiger partial charge in [0, 0.05) is 9.75 Å². The van der Waals surface area contributed by atoms with Gasteiger partial charge in [0.1, 0.15) is 0 Å². The molecule has 2 aromatic carbocycles. The number of hydrogen-bond donors (Lipinski definition) is 2. The van der Waals surface area contributed by atoms with Crippen LogP contribution in [-0.4, -0.2) is 34.2 Å². The van der Waals surface area contributed by atoms with Crippen LogP contribution in [0, 0.1) is 13.8 Å². The molecule has 0 saturated heterocycles. The van der Waals surface area contributed by atoms with Crippen LogP contribution in [0.5, 0.6) is 23.0 Å². The van der Waals surface area contributed by atoms with Gasteiger partial charge in [-0.2, -0.15) is 0 Å². The van der Waals surface area contributed by atoms with Gasteiger partial charge in [-0.1, -0.05) is 39.8 Å². The van der Waals surface area contributed by atoms with E-state index >= 15 is 0 Å². The summed E-state index contributed by atoms with van der Waals surface area (Å²) in [5.41, 5.74) is 4.71. The molecule has 0 atom stereocenters. The molecule has 0 aliphatic heterocycles. The predicted molar refractivity (Wildman–Crippen MR) is 163 cm³/mol. The van der Waals surface area contributed by atoms with Gasteiger partial charge in [0.25, 0.3) is 0 Å². The standard InChI is InChI=1S/C16H24O2.C8H16Cl2.C8H10O2/c1-10-13-11(9-12(18-6)14(10)17)15(2,3)7-8-16(13,4)5;1-7(2,9)5-6-8(3,4)10;1-6-4-3-5-7(10-2)8(6)9/h9,17H,7-8H2,1-6H3;5-6H2,1-4H3;3-5,9H,1-2H3. The van der Waals surface area contributed by atoms with Crippen LogP contribution in [0.3, 0.4) is 0 Å². The highest BCUT2D eigenvalue weighted by Crippen LogP contribution is 2.51. The Labute approximate surface area is 241 Å². The summed E-state index contributed by atoms with van der Waals surface area (Å²) in [6.45, 7) is 21.0. The van der Waals surface area contributed by atoms with Crippen molar-refractivity contribution in [1.82, 2.24) is 0 Å². The maximum absolute atomic E-state index is 10.2. The molecule has 0 aromatic heterocycles. The van der Waals surface area contributed by atoms with Crippen LogP contribution in [0.15, 0.2) is 24.3 Å². The number of halogens is 2. The first-order valence-electron chi connectivity index (χ1n) is 13.3. The summed E-state index contributed by atoms with van der Waals surface area (Å²) in [5.74, 6) is 1.64. The topological polar surface area (TPSA) is 58.9 Å². The van der Waals surface area contributed by atoms with E-state index in [9.17, 15) is 10.2 Å². The number of alkyl halides is 2. The maximum Gasteiger partial charge on any atom is 0.161 e. The Morgan fingerprint density at radius 3 is 1.68 bits per heavy atom. The van der Waals surface area contributed by atoms with Gasteiger partial charge in [-0.05, 0) is 112 Å². The van der Waals surface area contributed by atoms with Gasteiger partial charge < -0.3 is 19.7 Å². The molecule has 1 aliphatic carbocycles. The number of aryl methyl sites for hydroxylation is 1. The molecule has 0 saturated carbocycles. The minimum Gasteiger partial charge on any atom is -0.504 e. The van der Waals surface area contributed by atoms with Gasteiger partial charge in [0.05, 0.1) is 14.2 Å². The smallest absolute Gasteiger partial charge is 0.161 e. The largest absolute Gasteiger partial charge is 0.504 e. The van der Waals surface area contributed by atoms with Crippen molar-refractivity contribution in [2.45, 2.75) is 115 Å². The molecule has 0 unspecified atom stereocenters. The van der Waals surface area contributed by atoms with Crippen LogP contribution in [0.2, 0.25) is 0 Å². The van der Waals surface area contributed by atoms with Crippen LogP contribution >= 0.6 is 23.2 Å². The molecule has 38 heavy (non-hydrogen) atoms. The van der Waals surface area contributed by atoms with Crippen LogP contribution in [-0.2, 0) is 10.8 Å². The van der Waals surface area contributed by atoms with Gasteiger partial charge in [-0.25, -0.2) is 0 Å². The van der Waals surface area contributed by atoms with Gasteiger partial charge in [0.2, 0.25) is 0 Å². The number of phenols is 2. The second kappa shape index (κ2) is 13.0. The lowest BCUT2D eigenvalue weighted by molar-refractivity contribution is 0.319. The molecule has 0 radical (unpaired) electrons. The molecule has 4 nitrogen and oxygen atoms in total. The highest BCUT2D eigenvalue weighted by molar-refractivity contribution is 6.24. The van der Waals surface area contributed by atoms with Crippen molar-refractivity contribution >= 4 is 23.2 Å². The summed E-state index contributed by atoms with van der Waals surface area (Å²) in [4.78, 5) is -0.210. The molecular weight excluding hydrogens is 519 g/mol. The van der Waals surface area contributed by atoms with Gasteiger partial charge in [-0.3, -0.25) is 0 Å². The summed E-state index contributed by atoms with van der Waals surface area (Å²) in [6, 6.07) is 7.42. The van der Waals surface area contributed by atoms with E-state index < -0.39 is 0 Å². The van der Waals surface area contributed by atoms with Crippen LogP contribution in [0.1, 0.15) is 103 Å². The third-order valence-electron chi connectivity index (χ3n) is 7.24. The quantitative estimate of drug-likeness (QED) is 0.352. The molecule has 216 valence electrons. The molecule has 0 heterocycles. The number of rotatable bonds is 5. The fourth-order valence-corrected chi connectivity index (χ4v) is 4.80. The Hall–Kier alpha value is -1.78. The zero-order chi connectivity index (χ0) is 29.7. The van der Waals surface area contributed by atoms with Crippen molar-refractivity contribution in [3.63, 3.8) is 0 Å². The van der Waals surface area contributed by atoms with E-state index in [1.54, 1.807) is 13.2 Å². The van der Waals surface area contributed by atoms with E-state index in [0.29, 0.717) is 17.2 Å². The average Bonchev–Trinajstić information content (AvgIpc) is 2.79. The van der Waals surface area contributed by atoms with E-state index in [-0.39, 0.29) is 26.3 Å². The molecule has 0 amide bonds. The van der Waals surface area contributed by atoms with E-state index in [2.05, 4.69) is 27.7 Å². The van der Waals surface area contributed by atoms with E-state index in [0.717, 1.165) is 30.4 Å². The Bertz CT molecular complexity index is 1050. The van der Waals surface area contributed by atoms with Crippen molar-refractivity contribution in [3.05, 3.63) is 46.5 Å². The summed E-state index contributed by atoms with van der Waals surface area (Å²) in [6.07, 6.45) is 4.25. The fraction of sp³-hybridized carbons (Fsp3) is 0.625. The van der Waals surface area contributed by atoms with Crippen molar-refractivity contribution in [2.75, 3.05) is 14.2 Å². The van der Waals surface area contributed by atoms with E-state index in [1.165, 1.54) is 24.7 Å². The lowest BCUT2D eigenvalue weighted by atomic mass is 9.62. The molecule has 2 N–H and O–H groups in total. The number of phenolic OH excluding ortho intramolecular Hbond substituents is 2. The molecule has 1 aliphatic rings. The Balaban J connectivity index is 0.000000309. The van der Waals surface area contributed by atoms with Crippen LogP contribution < -0.4 is 9.47 Å². The van der Waals surface area contributed by atoms with Crippen LogP contribution in [0.25, 0.3) is 0 Å². The molecule has 0 fully saturated rings. The van der Waals surface area contributed by atoms with Gasteiger partial charge >= 0.3 is 0 Å². The zero-order valence-electron chi connectivity index (χ0n) is 25.6. The fourth-order valence-electron chi connectivity index (χ4n) is 4.61. The molecular formula is C32H50Cl2O4. The number of methoxy groups -OCH3 is 2. The summed E-state index contributed by atoms with van der Waals surface area (Å²) in [5, 5.41) is 19.5. The minimum atomic E-state index is -0.105. The van der Waals surface area contributed by atoms with Crippen molar-refractivity contribution in [3.8, 4) is 23.0 Å². The van der Waals surface area contributed by atoms with E-state index in [4.69, 9.17) is 32.7 Å². The normalized spacial score (nSPS) is 15.7. The van der Waals surface area contributed by atoms with Gasteiger partial charge in [0.15, 0.2) is 23.0 Å². The van der Waals surface area contributed by atoms with Crippen molar-refractivity contribution in [2.24, 2.45) is 0 Å². The summed E-state index contributed by atoms with van der Waals surface area (Å²) in [7, 11) is 3.15. The van der Waals surface area contributed by atoms with Crippen molar-refractivity contribution in [1.29, 1.82) is 0 Å². The number of ether oxygens (including phenoxy) is 2. The summed E-state index contributed by atoms with van der Waals surface area (Å²) < 4.78 is 10.2. The number of fused-ring (bicyclic) bond motifs is 1. The minimum absolute atomic E-state index is 0.105. The Kier molecular flexibility index (Phi) is 11.8. The maximum atomic E-state index is 10.2. The highest BCUT2D eigenvalue weighted by Gasteiger charge is 2.39. The number of aromatic hydroxyl groups is 2. The first-order chi connectivity index (χ1) is 17.2. The second-order valence-corrected chi connectivity index (χ2v) is 14.9. The number of para-hydroxylation sites is 1. The first kappa shape index (κ1) is 34.2. The molecule has 0 bridgehead atoms. The molecule has 0 spiro atoms. The van der Waals surface area contributed by atoms with Crippen LogP contribution in [0.4, 0.5) is 0 Å².